The van der Waals surface area contributed by atoms with Crippen molar-refractivity contribution in [3.8, 4) is 0 Å². The molecule has 0 radical (unpaired) electrons. The number of benzene rings is 3. The third-order valence-corrected chi connectivity index (χ3v) is 5.20. The van der Waals surface area contributed by atoms with Gasteiger partial charge in [-0.1, -0.05) is 84.9 Å². The Hall–Kier alpha value is -4.02. The van der Waals surface area contributed by atoms with Gasteiger partial charge in [0.1, 0.15) is 0 Å². The highest BCUT2D eigenvalue weighted by Gasteiger charge is 2.22. The molecule has 0 unspecified atom stereocenters. The molecule has 0 aliphatic heterocycles. The van der Waals surface area contributed by atoms with Gasteiger partial charge in [-0.2, -0.15) is 0 Å². The third kappa shape index (κ3) is 3.09. The number of carbonyl (C=O) groups is 2. The van der Waals surface area contributed by atoms with Crippen molar-refractivity contribution >= 4 is 27.9 Å². The van der Waals surface area contributed by atoms with Crippen molar-refractivity contribution in [2.24, 2.45) is 0 Å². The number of hydrogen-bond acceptors (Lipinski definition) is 2. The number of carbonyl (C=O) groups excluding carboxylic acids is 2. The molecule has 2 aromatic heterocycles. The first-order valence-corrected chi connectivity index (χ1v) is 9.46. The van der Waals surface area contributed by atoms with E-state index in [4.69, 9.17) is 0 Å². The van der Waals surface area contributed by atoms with Crippen LogP contribution in [0.15, 0.2) is 103 Å². The maximum absolute atomic E-state index is 13.4. The summed E-state index contributed by atoms with van der Waals surface area (Å²) in [5, 5.41) is 1.97. The number of ketones is 2. The molecule has 0 bridgehead atoms. The summed E-state index contributed by atoms with van der Waals surface area (Å²) in [6, 6.07) is 29.9. The Bertz CT molecular complexity index is 1370. The molecular formula is C26H19NO3. The molecular weight excluding hydrogens is 374 g/mol. The quantitative estimate of drug-likeness (QED) is 0.414. The Kier molecular flexibility index (Phi) is 5.00. The molecule has 0 saturated heterocycles. The molecule has 0 fully saturated rings. The van der Waals surface area contributed by atoms with E-state index in [2.05, 4.69) is 0 Å². The van der Waals surface area contributed by atoms with E-state index in [1.165, 1.54) is 0 Å². The van der Waals surface area contributed by atoms with Crippen molar-refractivity contribution in [3.63, 3.8) is 0 Å². The van der Waals surface area contributed by atoms with Crippen molar-refractivity contribution in [1.29, 1.82) is 0 Å². The second kappa shape index (κ2) is 7.78. The second-order valence-corrected chi connectivity index (χ2v) is 6.96. The van der Waals surface area contributed by atoms with Gasteiger partial charge < -0.3 is 9.88 Å². The van der Waals surface area contributed by atoms with E-state index in [0.29, 0.717) is 22.4 Å². The van der Waals surface area contributed by atoms with Gasteiger partial charge in [-0.15, -0.1) is 0 Å². The van der Waals surface area contributed by atoms with Gasteiger partial charge in [0, 0.05) is 28.3 Å². The first-order valence-electron chi connectivity index (χ1n) is 9.46. The van der Waals surface area contributed by atoms with Gasteiger partial charge in [0.15, 0.2) is 5.78 Å². The first-order chi connectivity index (χ1) is 14.2. The summed E-state index contributed by atoms with van der Waals surface area (Å²) >= 11 is 0. The highest BCUT2D eigenvalue weighted by Crippen LogP contribution is 2.29. The number of hydrogen-bond donors (Lipinski definition) is 0. The molecule has 0 atom stereocenters. The SMILES string of the molecule is O.O=C(c1ccccc1)c1cc(C(=O)c2ccccc2)n2ccc3ccccc3c12. The lowest BCUT2D eigenvalue weighted by molar-refractivity contribution is 0.103. The van der Waals surface area contributed by atoms with Gasteiger partial charge in [0.2, 0.25) is 5.78 Å². The number of pyridine rings is 1. The van der Waals surface area contributed by atoms with Gasteiger partial charge >= 0.3 is 0 Å². The molecule has 0 spiro atoms. The monoisotopic (exact) mass is 393 g/mol. The van der Waals surface area contributed by atoms with Gasteiger partial charge in [-0.3, -0.25) is 9.59 Å². The average molecular weight is 393 g/mol. The lowest BCUT2D eigenvalue weighted by atomic mass is 10.0. The Balaban J connectivity index is 0.00000218. The smallest absolute Gasteiger partial charge is 0.209 e. The number of nitrogens with zero attached hydrogens (tertiary/aromatic N) is 1. The maximum Gasteiger partial charge on any atom is 0.209 e. The minimum Gasteiger partial charge on any atom is -0.412 e. The number of rotatable bonds is 4. The first kappa shape index (κ1) is 19.3. The van der Waals surface area contributed by atoms with Crippen LogP contribution in [0.25, 0.3) is 16.3 Å². The minimum atomic E-state index is -0.108. The zero-order valence-electron chi connectivity index (χ0n) is 16.1. The second-order valence-electron chi connectivity index (χ2n) is 6.96. The summed E-state index contributed by atoms with van der Waals surface area (Å²) in [7, 11) is 0. The van der Waals surface area contributed by atoms with Crippen LogP contribution in [0.3, 0.4) is 0 Å². The predicted octanol–water partition coefficient (Wildman–Crippen LogP) is 4.73. The standard InChI is InChI=1S/C26H17NO2.H2O/c28-25(19-10-3-1-4-11-19)22-17-23(26(29)20-12-5-2-6-13-20)27-16-15-18-9-7-8-14-21(18)24(22)27;/h1-17H;1H2. The molecule has 146 valence electrons. The summed E-state index contributed by atoms with van der Waals surface area (Å²) in [5.41, 5.74) is 2.98. The summed E-state index contributed by atoms with van der Waals surface area (Å²) in [6.45, 7) is 0. The Morgan fingerprint density at radius 1 is 0.633 bits per heavy atom. The Morgan fingerprint density at radius 3 is 1.87 bits per heavy atom. The van der Waals surface area contributed by atoms with Crippen LogP contribution in [-0.2, 0) is 0 Å². The lowest BCUT2D eigenvalue weighted by Crippen LogP contribution is -2.04. The highest BCUT2D eigenvalue weighted by atomic mass is 16.1. The summed E-state index contributed by atoms with van der Waals surface area (Å²) in [4.78, 5) is 26.6. The largest absolute Gasteiger partial charge is 0.412 e. The van der Waals surface area contributed by atoms with Crippen LogP contribution >= 0.6 is 0 Å². The maximum atomic E-state index is 13.4. The molecule has 4 heteroatoms. The number of aromatic nitrogens is 1. The molecule has 5 rings (SSSR count). The molecule has 0 aliphatic rings. The van der Waals surface area contributed by atoms with Crippen LogP contribution in [0.1, 0.15) is 32.0 Å². The molecule has 30 heavy (non-hydrogen) atoms. The van der Waals surface area contributed by atoms with Gasteiger partial charge in [0.05, 0.1) is 11.2 Å². The van der Waals surface area contributed by atoms with E-state index in [0.717, 1.165) is 16.3 Å². The van der Waals surface area contributed by atoms with Crippen molar-refractivity contribution in [2.75, 3.05) is 0 Å². The Morgan fingerprint density at radius 2 is 1.20 bits per heavy atom. The van der Waals surface area contributed by atoms with Crippen LogP contribution in [0.2, 0.25) is 0 Å². The predicted molar refractivity (Wildman–Crippen MR) is 118 cm³/mol. The van der Waals surface area contributed by atoms with Gasteiger partial charge in [0.25, 0.3) is 0 Å². The molecule has 3 aromatic carbocycles. The molecule has 4 nitrogen and oxygen atoms in total. The van der Waals surface area contributed by atoms with Crippen LogP contribution in [0.5, 0.6) is 0 Å². The van der Waals surface area contributed by atoms with Crippen molar-refractivity contribution in [1.82, 2.24) is 4.40 Å². The molecule has 2 N–H and O–H groups in total. The Labute approximate surface area is 173 Å². The zero-order chi connectivity index (χ0) is 19.8. The van der Waals surface area contributed by atoms with E-state index in [9.17, 15) is 9.59 Å². The molecule has 0 amide bonds. The van der Waals surface area contributed by atoms with Crippen molar-refractivity contribution < 1.29 is 15.1 Å². The summed E-state index contributed by atoms with van der Waals surface area (Å²) in [6.07, 6.45) is 1.87. The molecule has 0 saturated carbocycles. The number of fused-ring (bicyclic) bond motifs is 3. The van der Waals surface area contributed by atoms with E-state index in [1.54, 1.807) is 30.3 Å². The molecule has 0 aliphatic carbocycles. The lowest BCUT2D eigenvalue weighted by Gasteiger charge is -2.06. The van der Waals surface area contributed by atoms with Crippen LogP contribution in [0.4, 0.5) is 0 Å². The van der Waals surface area contributed by atoms with E-state index < -0.39 is 0 Å². The third-order valence-electron chi connectivity index (χ3n) is 5.20. The zero-order valence-corrected chi connectivity index (χ0v) is 16.1. The summed E-state index contributed by atoms with van der Waals surface area (Å²) in [5.74, 6) is -0.199. The fraction of sp³-hybridized carbons (Fsp3) is 0. The fourth-order valence-electron chi connectivity index (χ4n) is 3.80. The van der Waals surface area contributed by atoms with Crippen LogP contribution in [0, 0.1) is 0 Å². The van der Waals surface area contributed by atoms with Crippen LogP contribution in [-0.4, -0.2) is 21.4 Å². The molecule has 5 aromatic rings. The van der Waals surface area contributed by atoms with Crippen LogP contribution < -0.4 is 0 Å². The van der Waals surface area contributed by atoms with E-state index in [1.807, 2.05) is 77.3 Å². The summed E-state index contributed by atoms with van der Waals surface area (Å²) < 4.78 is 1.84. The molecule has 2 heterocycles. The highest BCUT2D eigenvalue weighted by molar-refractivity contribution is 6.20. The van der Waals surface area contributed by atoms with Crippen molar-refractivity contribution in [2.45, 2.75) is 0 Å². The van der Waals surface area contributed by atoms with Crippen molar-refractivity contribution in [3.05, 3.63) is 126 Å². The fourth-order valence-corrected chi connectivity index (χ4v) is 3.80. The van der Waals surface area contributed by atoms with Gasteiger partial charge in [-0.25, -0.2) is 0 Å². The van der Waals surface area contributed by atoms with E-state index >= 15 is 0 Å². The average Bonchev–Trinajstić information content (AvgIpc) is 3.19. The topological polar surface area (TPSA) is 70.0 Å². The van der Waals surface area contributed by atoms with E-state index in [-0.39, 0.29) is 17.0 Å². The van der Waals surface area contributed by atoms with Gasteiger partial charge in [-0.05, 0) is 17.5 Å². The normalized spacial score (nSPS) is 10.7. The minimum absolute atomic E-state index is 0.